The van der Waals surface area contributed by atoms with E-state index < -0.39 is 0 Å². The number of rotatable bonds is 2. The highest BCUT2D eigenvalue weighted by atomic mass is 16.1. The second kappa shape index (κ2) is 4.45. The molecule has 0 spiro atoms. The summed E-state index contributed by atoms with van der Waals surface area (Å²) in [6.45, 7) is 5.85. The van der Waals surface area contributed by atoms with E-state index in [9.17, 15) is 4.79 Å². The Morgan fingerprint density at radius 3 is 2.24 bits per heavy atom. The summed E-state index contributed by atoms with van der Waals surface area (Å²) < 4.78 is 0. The molecule has 0 aliphatic heterocycles. The van der Waals surface area contributed by atoms with Crippen molar-refractivity contribution < 1.29 is 4.79 Å². The standard InChI is InChI=1S/C14H16N2O/c1-9-10(2)15-11(3)13(9)14(17)16-12-7-5-4-6-8-12/h4-8,15H,1-3H3,(H,16,17). The van der Waals surface area contributed by atoms with Gasteiger partial charge in [-0.05, 0) is 38.5 Å². The molecule has 88 valence electrons. The molecule has 2 aromatic rings. The summed E-state index contributed by atoms with van der Waals surface area (Å²) in [6.07, 6.45) is 0. The summed E-state index contributed by atoms with van der Waals surface area (Å²) in [7, 11) is 0. The number of carbonyl (C=O) groups is 1. The molecule has 2 rings (SSSR count). The number of aryl methyl sites for hydroxylation is 2. The van der Waals surface area contributed by atoms with Gasteiger partial charge in [0.05, 0.1) is 5.56 Å². The van der Waals surface area contributed by atoms with Gasteiger partial charge >= 0.3 is 0 Å². The Hall–Kier alpha value is -2.03. The maximum atomic E-state index is 12.1. The second-order valence-corrected chi connectivity index (χ2v) is 4.20. The number of carbonyl (C=O) groups excluding carboxylic acids is 1. The van der Waals surface area contributed by atoms with Gasteiger partial charge in [-0.1, -0.05) is 18.2 Å². The van der Waals surface area contributed by atoms with Crippen molar-refractivity contribution in [2.24, 2.45) is 0 Å². The lowest BCUT2D eigenvalue weighted by molar-refractivity contribution is 0.102. The van der Waals surface area contributed by atoms with Crippen molar-refractivity contribution in [3.05, 3.63) is 52.8 Å². The molecule has 1 aromatic heterocycles. The first-order valence-electron chi connectivity index (χ1n) is 5.61. The van der Waals surface area contributed by atoms with Gasteiger partial charge < -0.3 is 10.3 Å². The highest BCUT2D eigenvalue weighted by molar-refractivity contribution is 6.06. The number of para-hydroxylation sites is 1. The summed E-state index contributed by atoms with van der Waals surface area (Å²) in [5.74, 6) is -0.0597. The van der Waals surface area contributed by atoms with Crippen LogP contribution < -0.4 is 5.32 Å². The van der Waals surface area contributed by atoms with E-state index in [-0.39, 0.29) is 5.91 Å². The van der Waals surface area contributed by atoms with Gasteiger partial charge in [0.15, 0.2) is 0 Å². The second-order valence-electron chi connectivity index (χ2n) is 4.20. The number of hydrogen-bond donors (Lipinski definition) is 2. The Bertz CT molecular complexity index is 541. The average Bonchev–Trinajstić information content (AvgIpc) is 2.54. The van der Waals surface area contributed by atoms with Gasteiger partial charge in [0.2, 0.25) is 0 Å². The van der Waals surface area contributed by atoms with Gasteiger partial charge in [0, 0.05) is 17.1 Å². The minimum Gasteiger partial charge on any atom is -0.362 e. The molecule has 17 heavy (non-hydrogen) atoms. The Morgan fingerprint density at radius 2 is 1.71 bits per heavy atom. The lowest BCUT2D eigenvalue weighted by Crippen LogP contribution is -2.13. The van der Waals surface area contributed by atoms with Gasteiger partial charge in [0.1, 0.15) is 0 Å². The molecule has 0 bridgehead atoms. The molecule has 2 N–H and O–H groups in total. The third kappa shape index (κ3) is 2.23. The average molecular weight is 228 g/mol. The number of benzene rings is 1. The highest BCUT2D eigenvalue weighted by Crippen LogP contribution is 2.18. The van der Waals surface area contributed by atoms with E-state index in [0.29, 0.717) is 0 Å². The Balaban J connectivity index is 2.27. The molecule has 0 unspecified atom stereocenters. The molecule has 0 aliphatic carbocycles. The van der Waals surface area contributed by atoms with E-state index in [0.717, 1.165) is 28.2 Å². The molecule has 1 heterocycles. The summed E-state index contributed by atoms with van der Waals surface area (Å²) in [5.41, 5.74) is 4.52. The van der Waals surface area contributed by atoms with Crippen molar-refractivity contribution in [2.75, 3.05) is 5.32 Å². The van der Waals surface area contributed by atoms with Gasteiger partial charge in [-0.15, -0.1) is 0 Å². The quantitative estimate of drug-likeness (QED) is 0.814. The molecule has 0 fully saturated rings. The number of amides is 1. The van der Waals surface area contributed by atoms with Crippen LogP contribution in [0, 0.1) is 20.8 Å². The first kappa shape index (κ1) is 11.5. The van der Waals surface area contributed by atoms with Crippen LogP contribution in [0.2, 0.25) is 0 Å². The molecule has 1 aromatic carbocycles. The van der Waals surface area contributed by atoms with Crippen LogP contribution in [-0.4, -0.2) is 10.9 Å². The molecule has 0 atom stereocenters. The summed E-state index contributed by atoms with van der Waals surface area (Å²) in [5, 5.41) is 2.89. The maximum absolute atomic E-state index is 12.1. The lowest BCUT2D eigenvalue weighted by atomic mass is 10.1. The van der Waals surface area contributed by atoms with E-state index in [1.165, 1.54) is 0 Å². The van der Waals surface area contributed by atoms with Crippen LogP contribution in [0.15, 0.2) is 30.3 Å². The highest BCUT2D eigenvalue weighted by Gasteiger charge is 2.16. The molecule has 3 nitrogen and oxygen atoms in total. The molecular weight excluding hydrogens is 212 g/mol. The third-order valence-electron chi connectivity index (χ3n) is 2.95. The van der Waals surface area contributed by atoms with Crippen LogP contribution in [-0.2, 0) is 0 Å². The fraction of sp³-hybridized carbons (Fsp3) is 0.214. The lowest BCUT2D eigenvalue weighted by Gasteiger charge is -2.05. The van der Waals surface area contributed by atoms with E-state index in [1.54, 1.807) is 0 Å². The predicted molar refractivity (Wildman–Crippen MR) is 69.4 cm³/mol. The topological polar surface area (TPSA) is 44.9 Å². The summed E-state index contributed by atoms with van der Waals surface area (Å²) in [6, 6.07) is 9.48. The van der Waals surface area contributed by atoms with E-state index in [4.69, 9.17) is 0 Å². The number of hydrogen-bond acceptors (Lipinski definition) is 1. The number of nitrogens with one attached hydrogen (secondary N) is 2. The molecule has 1 amide bonds. The summed E-state index contributed by atoms with van der Waals surface area (Å²) >= 11 is 0. The fourth-order valence-corrected chi connectivity index (χ4v) is 1.96. The summed E-state index contributed by atoms with van der Waals surface area (Å²) in [4.78, 5) is 15.3. The zero-order chi connectivity index (χ0) is 12.4. The van der Waals surface area contributed by atoms with Crippen LogP contribution in [0.5, 0.6) is 0 Å². The van der Waals surface area contributed by atoms with Crippen LogP contribution in [0.4, 0.5) is 5.69 Å². The number of H-pyrrole nitrogens is 1. The van der Waals surface area contributed by atoms with E-state index >= 15 is 0 Å². The zero-order valence-electron chi connectivity index (χ0n) is 10.3. The fourth-order valence-electron chi connectivity index (χ4n) is 1.96. The molecule has 0 aliphatic rings. The van der Waals surface area contributed by atoms with Gasteiger partial charge in [0.25, 0.3) is 5.91 Å². The first-order chi connectivity index (χ1) is 8.09. The van der Waals surface area contributed by atoms with E-state index in [2.05, 4.69) is 10.3 Å². The Kier molecular flexibility index (Phi) is 3.00. The SMILES string of the molecule is Cc1[nH]c(C)c(C(=O)Nc2ccccc2)c1C. The van der Waals surface area contributed by atoms with E-state index in [1.807, 2.05) is 51.1 Å². The minimum absolute atomic E-state index is 0.0597. The predicted octanol–water partition coefficient (Wildman–Crippen LogP) is 3.19. The van der Waals surface area contributed by atoms with Gasteiger partial charge in [-0.3, -0.25) is 4.79 Å². The van der Waals surface area contributed by atoms with Crippen molar-refractivity contribution in [2.45, 2.75) is 20.8 Å². The van der Waals surface area contributed by atoms with Crippen LogP contribution in [0.25, 0.3) is 0 Å². The first-order valence-corrected chi connectivity index (χ1v) is 5.61. The van der Waals surface area contributed by atoms with Crippen molar-refractivity contribution in [3.8, 4) is 0 Å². The normalized spacial score (nSPS) is 10.3. The molecule has 3 heteroatoms. The molecular formula is C14H16N2O. The largest absolute Gasteiger partial charge is 0.362 e. The number of anilines is 1. The zero-order valence-corrected chi connectivity index (χ0v) is 10.3. The number of aromatic amines is 1. The van der Waals surface area contributed by atoms with Gasteiger partial charge in [-0.2, -0.15) is 0 Å². The van der Waals surface area contributed by atoms with Crippen LogP contribution in [0.1, 0.15) is 27.3 Å². The molecule has 0 radical (unpaired) electrons. The van der Waals surface area contributed by atoms with Crippen LogP contribution in [0.3, 0.4) is 0 Å². The smallest absolute Gasteiger partial charge is 0.257 e. The third-order valence-corrected chi connectivity index (χ3v) is 2.95. The monoisotopic (exact) mass is 228 g/mol. The van der Waals surface area contributed by atoms with Crippen LogP contribution >= 0.6 is 0 Å². The van der Waals surface area contributed by atoms with Crippen molar-refractivity contribution >= 4 is 11.6 Å². The van der Waals surface area contributed by atoms with Gasteiger partial charge in [-0.25, -0.2) is 0 Å². The Morgan fingerprint density at radius 1 is 1.06 bits per heavy atom. The minimum atomic E-state index is -0.0597. The van der Waals surface area contributed by atoms with Crippen molar-refractivity contribution in [1.29, 1.82) is 0 Å². The Labute approximate surface area is 101 Å². The molecule has 0 saturated heterocycles. The molecule has 0 saturated carbocycles. The van der Waals surface area contributed by atoms with Crippen molar-refractivity contribution in [3.63, 3.8) is 0 Å². The maximum Gasteiger partial charge on any atom is 0.257 e. The number of aromatic nitrogens is 1. The van der Waals surface area contributed by atoms with Crippen molar-refractivity contribution in [1.82, 2.24) is 4.98 Å².